The first-order valence-corrected chi connectivity index (χ1v) is 11.6. The highest BCUT2D eigenvalue weighted by Crippen LogP contribution is 2.51. The highest BCUT2D eigenvalue weighted by Gasteiger charge is 2.39. The third-order valence-corrected chi connectivity index (χ3v) is 7.47. The minimum atomic E-state index is -0.317. The zero-order chi connectivity index (χ0) is 23.1. The van der Waals surface area contributed by atoms with Gasteiger partial charge in [0.2, 0.25) is 0 Å². The van der Waals surface area contributed by atoms with Gasteiger partial charge in [0.15, 0.2) is 28.8 Å². The molecule has 7 heteroatoms. The predicted octanol–water partition coefficient (Wildman–Crippen LogP) is 5.44. The van der Waals surface area contributed by atoms with Crippen molar-refractivity contribution in [3.8, 4) is 23.0 Å². The van der Waals surface area contributed by atoms with E-state index in [1.54, 1.807) is 37.7 Å². The van der Waals surface area contributed by atoms with E-state index < -0.39 is 0 Å². The van der Waals surface area contributed by atoms with Gasteiger partial charge in [0.25, 0.3) is 0 Å². The maximum absolute atomic E-state index is 13.6. The summed E-state index contributed by atoms with van der Waals surface area (Å²) < 4.78 is 16.5. The summed E-state index contributed by atoms with van der Waals surface area (Å²) in [5.41, 5.74) is 4.36. The molecule has 2 aliphatic rings. The van der Waals surface area contributed by atoms with Crippen molar-refractivity contribution >= 4 is 22.8 Å². The highest BCUT2D eigenvalue weighted by molar-refractivity contribution is 7.10. The molecule has 1 aromatic heterocycles. The third kappa shape index (κ3) is 3.62. The SMILES string of the molecule is COc1cc(C2C3=C(CC(c4cccs4)CC3=O)Nc3cc(OC)c(OC)cc32)ccc1O. The number of allylic oxidation sites excluding steroid dienone is 2. The van der Waals surface area contributed by atoms with Crippen LogP contribution in [0.3, 0.4) is 0 Å². The molecule has 33 heavy (non-hydrogen) atoms. The second-order valence-electron chi connectivity index (χ2n) is 8.22. The van der Waals surface area contributed by atoms with Gasteiger partial charge in [-0.25, -0.2) is 0 Å². The Labute approximate surface area is 196 Å². The Balaban J connectivity index is 1.69. The van der Waals surface area contributed by atoms with Gasteiger partial charge in [0, 0.05) is 46.2 Å². The van der Waals surface area contributed by atoms with Crippen molar-refractivity contribution in [1.29, 1.82) is 0 Å². The number of anilines is 1. The van der Waals surface area contributed by atoms with E-state index in [4.69, 9.17) is 14.2 Å². The number of fused-ring (bicyclic) bond motifs is 1. The molecule has 2 aromatic carbocycles. The van der Waals surface area contributed by atoms with Crippen LogP contribution in [0.5, 0.6) is 23.0 Å². The number of hydrogen-bond donors (Lipinski definition) is 2. The van der Waals surface area contributed by atoms with Gasteiger partial charge in [-0.05, 0) is 47.2 Å². The smallest absolute Gasteiger partial charge is 0.162 e. The van der Waals surface area contributed by atoms with Gasteiger partial charge in [-0.3, -0.25) is 4.79 Å². The molecule has 0 saturated carbocycles. The van der Waals surface area contributed by atoms with Crippen molar-refractivity contribution in [2.75, 3.05) is 26.6 Å². The quantitative estimate of drug-likeness (QED) is 0.525. The molecule has 2 unspecified atom stereocenters. The summed E-state index contributed by atoms with van der Waals surface area (Å²) in [6.45, 7) is 0. The number of thiophene rings is 1. The van der Waals surface area contributed by atoms with Crippen LogP contribution in [-0.4, -0.2) is 32.2 Å². The minimum Gasteiger partial charge on any atom is -0.504 e. The molecule has 1 aliphatic heterocycles. The number of methoxy groups -OCH3 is 3. The summed E-state index contributed by atoms with van der Waals surface area (Å²) in [6.07, 6.45) is 1.22. The molecule has 0 fully saturated rings. The second kappa shape index (κ2) is 8.48. The van der Waals surface area contributed by atoms with Gasteiger partial charge in [0.05, 0.1) is 21.3 Å². The van der Waals surface area contributed by atoms with Gasteiger partial charge in [0.1, 0.15) is 0 Å². The fourth-order valence-electron chi connectivity index (χ4n) is 4.89. The Morgan fingerprint density at radius 2 is 1.73 bits per heavy atom. The molecule has 2 heterocycles. The van der Waals surface area contributed by atoms with Gasteiger partial charge < -0.3 is 24.6 Å². The van der Waals surface area contributed by atoms with Crippen LogP contribution in [0.4, 0.5) is 5.69 Å². The first kappa shape index (κ1) is 21.4. The van der Waals surface area contributed by atoms with Crippen LogP contribution in [0.15, 0.2) is 59.1 Å². The van der Waals surface area contributed by atoms with Gasteiger partial charge in [-0.1, -0.05) is 12.1 Å². The predicted molar refractivity (Wildman–Crippen MR) is 128 cm³/mol. The molecule has 0 spiro atoms. The van der Waals surface area contributed by atoms with E-state index in [2.05, 4.69) is 16.8 Å². The number of ketones is 1. The number of Topliss-reactive ketones (excluding diaryl/α,β-unsaturated/α-hetero) is 1. The molecule has 0 bridgehead atoms. The van der Waals surface area contributed by atoms with Crippen LogP contribution >= 0.6 is 11.3 Å². The summed E-state index contributed by atoms with van der Waals surface area (Å²) >= 11 is 1.69. The van der Waals surface area contributed by atoms with Crippen LogP contribution in [0.1, 0.15) is 40.7 Å². The first-order chi connectivity index (χ1) is 16.0. The molecule has 5 rings (SSSR count). The molecule has 0 radical (unpaired) electrons. The number of carbonyl (C=O) groups excluding carboxylic acids is 1. The van der Waals surface area contributed by atoms with Gasteiger partial charge >= 0.3 is 0 Å². The normalized spacial score (nSPS) is 19.4. The number of ether oxygens (including phenoxy) is 3. The van der Waals surface area contributed by atoms with E-state index in [-0.39, 0.29) is 23.4 Å². The van der Waals surface area contributed by atoms with E-state index in [9.17, 15) is 9.90 Å². The lowest BCUT2D eigenvalue weighted by Gasteiger charge is -2.37. The lowest BCUT2D eigenvalue weighted by molar-refractivity contribution is -0.116. The van der Waals surface area contributed by atoms with E-state index in [0.29, 0.717) is 23.7 Å². The Morgan fingerprint density at radius 3 is 2.42 bits per heavy atom. The molecule has 170 valence electrons. The van der Waals surface area contributed by atoms with Crippen molar-refractivity contribution in [2.24, 2.45) is 0 Å². The van der Waals surface area contributed by atoms with Crippen molar-refractivity contribution in [3.05, 3.63) is 75.1 Å². The molecular formula is C26H25NO5S. The minimum absolute atomic E-state index is 0.0599. The Morgan fingerprint density at radius 1 is 0.970 bits per heavy atom. The molecule has 0 amide bonds. The van der Waals surface area contributed by atoms with Crippen LogP contribution in [0, 0.1) is 0 Å². The zero-order valence-electron chi connectivity index (χ0n) is 18.7. The monoisotopic (exact) mass is 463 g/mol. The number of hydrogen-bond acceptors (Lipinski definition) is 7. The molecular weight excluding hydrogens is 438 g/mol. The van der Waals surface area contributed by atoms with Crippen LogP contribution in [-0.2, 0) is 4.79 Å². The maximum Gasteiger partial charge on any atom is 0.162 e. The Bertz CT molecular complexity index is 1250. The molecule has 2 atom stereocenters. The summed E-state index contributed by atoms with van der Waals surface area (Å²) in [5.74, 6) is 1.60. The van der Waals surface area contributed by atoms with Gasteiger partial charge in [-0.2, -0.15) is 0 Å². The summed E-state index contributed by atoms with van der Waals surface area (Å²) in [5, 5.41) is 15.7. The number of nitrogens with one attached hydrogen (secondary N) is 1. The molecule has 1 aliphatic carbocycles. The zero-order valence-corrected chi connectivity index (χ0v) is 19.5. The summed E-state index contributed by atoms with van der Waals surface area (Å²) in [7, 11) is 4.73. The van der Waals surface area contributed by atoms with Crippen LogP contribution in [0.2, 0.25) is 0 Å². The topological polar surface area (TPSA) is 77.0 Å². The average Bonchev–Trinajstić information content (AvgIpc) is 3.37. The second-order valence-corrected chi connectivity index (χ2v) is 9.20. The standard InChI is InChI=1S/C26H25NO5S/c1-30-21-11-14(6-7-19(21)28)25-16-12-22(31-2)23(32-3)13-17(16)27-18-9-15(10-20(29)26(18)25)24-5-4-8-33-24/h4-8,11-13,15,25,27-28H,9-10H2,1-3H3. The summed E-state index contributed by atoms with van der Waals surface area (Å²) in [4.78, 5) is 14.8. The number of aromatic hydroxyl groups is 1. The van der Waals surface area contributed by atoms with E-state index >= 15 is 0 Å². The van der Waals surface area contributed by atoms with Crippen molar-refractivity contribution in [1.82, 2.24) is 0 Å². The lowest BCUT2D eigenvalue weighted by Crippen LogP contribution is -2.29. The van der Waals surface area contributed by atoms with Crippen LogP contribution in [0.25, 0.3) is 0 Å². The van der Waals surface area contributed by atoms with Gasteiger partial charge in [-0.15, -0.1) is 11.3 Å². The molecule has 6 nitrogen and oxygen atoms in total. The van der Waals surface area contributed by atoms with Crippen LogP contribution < -0.4 is 19.5 Å². The number of phenolic OH excluding ortho intramolecular Hbond substituents is 1. The number of phenols is 1. The van der Waals surface area contributed by atoms with Crippen molar-refractivity contribution < 1.29 is 24.1 Å². The first-order valence-electron chi connectivity index (χ1n) is 10.7. The fourth-order valence-corrected chi connectivity index (χ4v) is 5.72. The highest BCUT2D eigenvalue weighted by atomic mass is 32.1. The molecule has 0 saturated heterocycles. The Hall–Kier alpha value is -3.45. The van der Waals surface area contributed by atoms with E-state index in [0.717, 1.165) is 34.5 Å². The number of benzene rings is 2. The third-order valence-electron chi connectivity index (χ3n) is 6.43. The average molecular weight is 464 g/mol. The fraction of sp³-hybridized carbons (Fsp3) is 0.269. The van der Waals surface area contributed by atoms with Crippen molar-refractivity contribution in [2.45, 2.75) is 24.7 Å². The van der Waals surface area contributed by atoms with E-state index in [1.165, 1.54) is 12.0 Å². The van der Waals surface area contributed by atoms with E-state index in [1.807, 2.05) is 24.3 Å². The van der Waals surface area contributed by atoms with Crippen molar-refractivity contribution in [3.63, 3.8) is 0 Å². The molecule has 3 aromatic rings. The Kier molecular flexibility index (Phi) is 5.50. The number of carbonyl (C=O) groups is 1. The largest absolute Gasteiger partial charge is 0.504 e. The summed E-state index contributed by atoms with van der Waals surface area (Å²) in [6, 6.07) is 13.2. The lowest BCUT2D eigenvalue weighted by atomic mass is 9.72. The number of rotatable bonds is 5. The molecule has 2 N–H and O–H groups in total. The maximum atomic E-state index is 13.6.